The third-order valence-corrected chi connectivity index (χ3v) is 4.20. The Kier molecular flexibility index (Phi) is 7.70. The predicted octanol–water partition coefficient (Wildman–Crippen LogP) is 1.90. The number of benzene rings is 1. The van der Waals surface area contributed by atoms with Crippen LogP contribution in [0.5, 0.6) is 0 Å². The van der Waals surface area contributed by atoms with Crippen LogP contribution >= 0.6 is 24.0 Å². The van der Waals surface area contributed by atoms with Crippen LogP contribution in [-0.4, -0.2) is 59.0 Å². The van der Waals surface area contributed by atoms with Crippen molar-refractivity contribution < 1.29 is 4.92 Å². The van der Waals surface area contributed by atoms with Crippen LogP contribution < -0.4 is 10.2 Å². The fourth-order valence-electron chi connectivity index (χ4n) is 2.87. The normalized spacial score (nSPS) is 14.5. The van der Waals surface area contributed by atoms with Gasteiger partial charge in [0.1, 0.15) is 0 Å². The molecule has 0 amide bonds. The lowest BCUT2D eigenvalue weighted by Gasteiger charge is -2.36. The maximum atomic E-state index is 10.9. The standard InChI is InChI=1S/C17H21N7O2.HI/c1-18-16(21-13-14-4-2-5-15(12-14)24(25)26)22-8-10-23(11-9-22)17-19-6-3-7-20-17;/h2-7,12H,8-11,13H2,1H3,(H,18,21);1H. The highest BCUT2D eigenvalue weighted by Crippen LogP contribution is 2.13. The van der Waals surface area contributed by atoms with Crippen molar-refractivity contribution in [3.05, 3.63) is 58.4 Å². The van der Waals surface area contributed by atoms with E-state index < -0.39 is 0 Å². The monoisotopic (exact) mass is 483 g/mol. The number of rotatable bonds is 4. The highest BCUT2D eigenvalue weighted by Gasteiger charge is 2.21. The molecule has 10 heteroatoms. The zero-order valence-corrected chi connectivity index (χ0v) is 17.3. The summed E-state index contributed by atoms with van der Waals surface area (Å²) in [5.74, 6) is 1.52. The Morgan fingerprint density at radius 1 is 1.22 bits per heavy atom. The van der Waals surface area contributed by atoms with E-state index in [1.807, 2.05) is 6.07 Å². The van der Waals surface area contributed by atoms with Gasteiger partial charge in [-0.1, -0.05) is 12.1 Å². The summed E-state index contributed by atoms with van der Waals surface area (Å²) in [5, 5.41) is 14.2. The van der Waals surface area contributed by atoms with Gasteiger partial charge >= 0.3 is 0 Å². The van der Waals surface area contributed by atoms with Gasteiger partial charge in [0.25, 0.3) is 5.69 Å². The van der Waals surface area contributed by atoms with Crippen LogP contribution in [0.15, 0.2) is 47.7 Å². The molecule has 2 aromatic rings. The molecule has 3 rings (SSSR count). The molecule has 0 bridgehead atoms. The number of nitrogens with zero attached hydrogens (tertiary/aromatic N) is 6. The number of non-ortho nitro benzene ring substituents is 1. The van der Waals surface area contributed by atoms with Crippen molar-refractivity contribution in [1.29, 1.82) is 0 Å². The highest BCUT2D eigenvalue weighted by atomic mass is 127. The Hall–Kier alpha value is -2.50. The van der Waals surface area contributed by atoms with Gasteiger partial charge in [-0.3, -0.25) is 15.1 Å². The van der Waals surface area contributed by atoms with E-state index in [1.165, 1.54) is 6.07 Å². The Morgan fingerprint density at radius 3 is 2.56 bits per heavy atom. The molecule has 0 spiro atoms. The molecule has 1 aliphatic heterocycles. The molecule has 1 aromatic heterocycles. The van der Waals surface area contributed by atoms with Crippen molar-refractivity contribution in [3.8, 4) is 0 Å². The third kappa shape index (κ3) is 5.49. The Labute approximate surface area is 174 Å². The number of hydrogen-bond acceptors (Lipinski definition) is 6. The summed E-state index contributed by atoms with van der Waals surface area (Å²) in [4.78, 5) is 27.7. The molecule has 0 atom stereocenters. The maximum Gasteiger partial charge on any atom is 0.269 e. The molecule has 1 aromatic carbocycles. The SMILES string of the molecule is CN=C(NCc1cccc([N+](=O)[O-])c1)N1CCN(c2ncccn2)CC1.I. The van der Waals surface area contributed by atoms with Crippen molar-refractivity contribution in [3.63, 3.8) is 0 Å². The van der Waals surface area contributed by atoms with Crippen molar-refractivity contribution in [1.82, 2.24) is 20.2 Å². The number of nitro benzene ring substituents is 1. The third-order valence-electron chi connectivity index (χ3n) is 4.20. The number of nitrogens with one attached hydrogen (secondary N) is 1. The first kappa shape index (κ1) is 20.8. The van der Waals surface area contributed by atoms with Gasteiger partial charge in [-0.15, -0.1) is 24.0 Å². The quantitative estimate of drug-likeness (QED) is 0.233. The lowest BCUT2D eigenvalue weighted by Crippen LogP contribution is -2.52. The average molecular weight is 483 g/mol. The smallest absolute Gasteiger partial charge is 0.269 e. The molecule has 0 aliphatic carbocycles. The molecule has 2 heterocycles. The summed E-state index contributed by atoms with van der Waals surface area (Å²) >= 11 is 0. The van der Waals surface area contributed by atoms with Gasteiger partial charge in [-0.05, 0) is 11.6 Å². The molecule has 1 aliphatic rings. The summed E-state index contributed by atoms with van der Waals surface area (Å²) in [6, 6.07) is 8.42. The fourth-order valence-corrected chi connectivity index (χ4v) is 2.87. The summed E-state index contributed by atoms with van der Waals surface area (Å²) in [6.45, 7) is 3.69. The minimum Gasteiger partial charge on any atom is -0.352 e. The first-order valence-electron chi connectivity index (χ1n) is 8.38. The Morgan fingerprint density at radius 2 is 1.93 bits per heavy atom. The van der Waals surface area contributed by atoms with Crippen LogP contribution in [0.2, 0.25) is 0 Å². The zero-order chi connectivity index (χ0) is 18.4. The van der Waals surface area contributed by atoms with E-state index in [2.05, 4.69) is 30.1 Å². The van der Waals surface area contributed by atoms with E-state index in [4.69, 9.17) is 0 Å². The lowest BCUT2D eigenvalue weighted by molar-refractivity contribution is -0.384. The van der Waals surface area contributed by atoms with Crippen molar-refractivity contribution in [2.75, 3.05) is 38.1 Å². The highest BCUT2D eigenvalue weighted by molar-refractivity contribution is 14.0. The Balaban J connectivity index is 0.00000261. The van der Waals surface area contributed by atoms with Crippen LogP contribution in [-0.2, 0) is 6.54 Å². The van der Waals surface area contributed by atoms with E-state index in [0.717, 1.165) is 43.7 Å². The van der Waals surface area contributed by atoms with Gasteiger partial charge in [-0.2, -0.15) is 0 Å². The number of piperazine rings is 1. The summed E-state index contributed by atoms with van der Waals surface area (Å²) < 4.78 is 0. The van der Waals surface area contributed by atoms with Crippen LogP contribution in [0.25, 0.3) is 0 Å². The van der Waals surface area contributed by atoms with Crippen LogP contribution in [0.1, 0.15) is 5.56 Å². The second kappa shape index (κ2) is 10.00. The number of aliphatic imine (C=N–C) groups is 1. The minimum absolute atomic E-state index is 0. The molecular weight excluding hydrogens is 461 g/mol. The topological polar surface area (TPSA) is 99.8 Å². The second-order valence-electron chi connectivity index (χ2n) is 5.85. The van der Waals surface area contributed by atoms with Crippen LogP contribution in [0.3, 0.4) is 0 Å². The van der Waals surface area contributed by atoms with Crippen molar-refractivity contribution in [2.45, 2.75) is 6.54 Å². The first-order valence-corrected chi connectivity index (χ1v) is 8.38. The number of nitro groups is 1. The molecular formula is C17H22IN7O2. The number of hydrogen-bond donors (Lipinski definition) is 1. The molecule has 1 fully saturated rings. The van der Waals surface area contributed by atoms with Gasteiger partial charge < -0.3 is 15.1 Å². The van der Waals surface area contributed by atoms with Gasteiger partial charge in [0.2, 0.25) is 5.95 Å². The Bertz CT molecular complexity index is 780. The van der Waals surface area contributed by atoms with Crippen LogP contribution in [0.4, 0.5) is 11.6 Å². The van der Waals surface area contributed by atoms with Crippen molar-refractivity contribution >= 4 is 41.6 Å². The van der Waals surface area contributed by atoms with Gasteiger partial charge in [0.05, 0.1) is 4.92 Å². The number of halogens is 1. The summed E-state index contributed by atoms with van der Waals surface area (Å²) in [7, 11) is 1.74. The predicted molar refractivity (Wildman–Crippen MR) is 115 cm³/mol. The molecule has 0 radical (unpaired) electrons. The minimum atomic E-state index is -0.386. The molecule has 0 unspecified atom stereocenters. The van der Waals surface area contributed by atoms with E-state index in [-0.39, 0.29) is 34.6 Å². The van der Waals surface area contributed by atoms with Gasteiger partial charge in [0.15, 0.2) is 5.96 Å². The van der Waals surface area contributed by atoms with Crippen LogP contribution in [0, 0.1) is 10.1 Å². The van der Waals surface area contributed by atoms with E-state index in [9.17, 15) is 10.1 Å². The molecule has 27 heavy (non-hydrogen) atoms. The lowest BCUT2D eigenvalue weighted by atomic mass is 10.2. The average Bonchev–Trinajstić information content (AvgIpc) is 2.70. The molecule has 1 saturated heterocycles. The molecule has 1 N–H and O–H groups in total. The van der Waals surface area contributed by atoms with Crippen molar-refractivity contribution in [2.24, 2.45) is 4.99 Å². The molecule has 0 saturated carbocycles. The molecule has 144 valence electrons. The maximum absolute atomic E-state index is 10.9. The summed E-state index contributed by atoms with van der Waals surface area (Å²) in [5.41, 5.74) is 0.937. The van der Waals surface area contributed by atoms with E-state index in [0.29, 0.717) is 6.54 Å². The van der Waals surface area contributed by atoms with E-state index in [1.54, 1.807) is 37.6 Å². The number of guanidine groups is 1. The second-order valence-corrected chi connectivity index (χ2v) is 5.85. The largest absolute Gasteiger partial charge is 0.352 e. The number of aromatic nitrogens is 2. The van der Waals surface area contributed by atoms with Gasteiger partial charge in [-0.25, -0.2) is 9.97 Å². The number of anilines is 1. The van der Waals surface area contributed by atoms with Gasteiger partial charge in [0, 0.05) is 64.3 Å². The fraction of sp³-hybridized carbons (Fsp3) is 0.353. The zero-order valence-electron chi connectivity index (χ0n) is 15.0. The summed E-state index contributed by atoms with van der Waals surface area (Å²) in [6.07, 6.45) is 3.49. The van der Waals surface area contributed by atoms with E-state index >= 15 is 0 Å². The molecule has 9 nitrogen and oxygen atoms in total. The first-order chi connectivity index (χ1) is 12.7.